The Morgan fingerprint density at radius 3 is 1.79 bits per heavy atom. The van der Waals surface area contributed by atoms with E-state index in [0.29, 0.717) is 42.2 Å². The van der Waals surface area contributed by atoms with E-state index in [1.54, 1.807) is 21.3 Å². The van der Waals surface area contributed by atoms with Gasteiger partial charge in [0.1, 0.15) is 24.2 Å². The molecule has 174 valence electrons. The van der Waals surface area contributed by atoms with Crippen LogP contribution in [0.15, 0.2) is 78.9 Å². The molecule has 0 saturated carbocycles. The summed E-state index contributed by atoms with van der Waals surface area (Å²) in [5.74, 6) is 2.95. The number of hydrogen-bond donors (Lipinski definition) is 0. The van der Waals surface area contributed by atoms with Crippen molar-refractivity contribution in [3.8, 4) is 45.7 Å². The standard InChI is InChI=1S/C27H27N3O4/c1-31-17-22(32-2)18-34-21-14-15-23(24(16-21)33-3)27-29-25(19-10-6-4-7-11-19)28-26(30-27)20-12-8-5-9-13-20/h4-16,22H,17-18H2,1-3H3. The number of hydrogen-bond acceptors (Lipinski definition) is 7. The van der Waals surface area contributed by atoms with Crippen LogP contribution in [0.2, 0.25) is 0 Å². The first-order valence-corrected chi connectivity index (χ1v) is 10.9. The van der Waals surface area contributed by atoms with Crippen molar-refractivity contribution in [2.75, 3.05) is 34.5 Å². The van der Waals surface area contributed by atoms with Gasteiger partial charge in [-0.2, -0.15) is 0 Å². The Balaban J connectivity index is 1.72. The molecule has 3 aromatic carbocycles. The maximum Gasteiger partial charge on any atom is 0.167 e. The van der Waals surface area contributed by atoms with E-state index in [-0.39, 0.29) is 6.10 Å². The number of methoxy groups -OCH3 is 3. The zero-order valence-corrected chi connectivity index (χ0v) is 19.5. The Morgan fingerprint density at radius 2 is 1.26 bits per heavy atom. The molecular formula is C27H27N3O4. The summed E-state index contributed by atoms with van der Waals surface area (Å²) >= 11 is 0. The fourth-order valence-corrected chi connectivity index (χ4v) is 3.43. The lowest BCUT2D eigenvalue weighted by atomic mass is 10.1. The van der Waals surface area contributed by atoms with Crippen LogP contribution in [0.1, 0.15) is 0 Å². The number of aromatic nitrogens is 3. The normalized spacial score (nSPS) is 11.7. The first-order valence-electron chi connectivity index (χ1n) is 10.9. The minimum Gasteiger partial charge on any atom is -0.496 e. The predicted molar refractivity (Wildman–Crippen MR) is 131 cm³/mol. The third kappa shape index (κ3) is 5.57. The highest BCUT2D eigenvalue weighted by Crippen LogP contribution is 2.33. The second-order valence-corrected chi connectivity index (χ2v) is 7.52. The SMILES string of the molecule is COCC(COc1ccc(-c2nc(-c3ccccc3)nc(-c3ccccc3)n2)c(OC)c1)OC. The summed E-state index contributed by atoms with van der Waals surface area (Å²) in [6.45, 7) is 0.802. The molecule has 34 heavy (non-hydrogen) atoms. The van der Waals surface area contributed by atoms with Crippen molar-refractivity contribution in [2.45, 2.75) is 6.10 Å². The van der Waals surface area contributed by atoms with Gasteiger partial charge in [-0.05, 0) is 12.1 Å². The first kappa shape index (κ1) is 23.4. The molecule has 0 bridgehead atoms. The molecule has 1 atom stereocenters. The van der Waals surface area contributed by atoms with Gasteiger partial charge in [0.15, 0.2) is 17.5 Å². The maximum atomic E-state index is 5.89. The monoisotopic (exact) mass is 457 g/mol. The van der Waals surface area contributed by atoms with Gasteiger partial charge in [-0.1, -0.05) is 60.7 Å². The molecule has 0 aliphatic carbocycles. The molecule has 0 radical (unpaired) electrons. The number of nitrogens with zero attached hydrogens (tertiary/aromatic N) is 3. The molecule has 0 aliphatic rings. The van der Waals surface area contributed by atoms with Crippen LogP contribution in [0.25, 0.3) is 34.2 Å². The van der Waals surface area contributed by atoms with Gasteiger partial charge in [0.05, 0.1) is 19.3 Å². The van der Waals surface area contributed by atoms with Crippen molar-refractivity contribution in [1.82, 2.24) is 15.0 Å². The molecule has 0 amide bonds. The van der Waals surface area contributed by atoms with Gasteiger partial charge in [-0.15, -0.1) is 0 Å². The number of rotatable bonds is 10. The van der Waals surface area contributed by atoms with Crippen LogP contribution >= 0.6 is 0 Å². The average molecular weight is 458 g/mol. The van der Waals surface area contributed by atoms with E-state index in [9.17, 15) is 0 Å². The highest BCUT2D eigenvalue weighted by Gasteiger charge is 2.16. The van der Waals surface area contributed by atoms with Crippen molar-refractivity contribution in [2.24, 2.45) is 0 Å². The third-order valence-electron chi connectivity index (χ3n) is 5.24. The van der Waals surface area contributed by atoms with E-state index in [4.69, 9.17) is 33.9 Å². The highest BCUT2D eigenvalue weighted by molar-refractivity contribution is 5.70. The quantitative estimate of drug-likeness (QED) is 0.334. The van der Waals surface area contributed by atoms with Gasteiger partial charge in [-0.3, -0.25) is 0 Å². The molecule has 4 rings (SSSR count). The van der Waals surface area contributed by atoms with Crippen molar-refractivity contribution in [3.63, 3.8) is 0 Å². The van der Waals surface area contributed by atoms with E-state index in [2.05, 4.69) is 0 Å². The summed E-state index contributed by atoms with van der Waals surface area (Å²) in [4.78, 5) is 14.3. The molecule has 1 unspecified atom stereocenters. The number of ether oxygens (including phenoxy) is 4. The molecular weight excluding hydrogens is 430 g/mol. The smallest absolute Gasteiger partial charge is 0.167 e. The fourth-order valence-electron chi connectivity index (χ4n) is 3.43. The second kappa shape index (κ2) is 11.4. The summed E-state index contributed by atoms with van der Waals surface area (Å²) in [7, 11) is 4.88. The minimum atomic E-state index is -0.166. The highest BCUT2D eigenvalue weighted by atomic mass is 16.5. The molecule has 1 aromatic heterocycles. The summed E-state index contributed by atoms with van der Waals surface area (Å²) in [5, 5.41) is 0. The lowest BCUT2D eigenvalue weighted by Gasteiger charge is -2.16. The van der Waals surface area contributed by atoms with E-state index >= 15 is 0 Å². The average Bonchev–Trinajstić information content (AvgIpc) is 2.91. The third-order valence-corrected chi connectivity index (χ3v) is 5.24. The zero-order valence-electron chi connectivity index (χ0n) is 19.5. The molecule has 4 aromatic rings. The second-order valence-electron chi connectivity index (χ2n) is 7.52. The maximum absolute atomic E-state index is 5.89. The lowest BCUT2D eigenvalue weighted by Crippen LogP contribution is -2.25. The molecule has 0 fully saturated rings. The Kier molecular flexibility index (Phi) is 7.80. The van der Waals surface area contributed by atoms with Crippen LogP contribution in [0.3, 0.4) is 0 Å². The van der Waals surface area contributed by atoms with E-state index in [1.165, 1.54) is 0 Å². The summed E-state index contributed by atoms with van der Waals surface area (Å²) in [6, 6.07) is 25.3. The van der Waals surface area contributed by atoms with Gasteiger partial charge >= 0.3 is 0 Å². The first-order chi connectivity index (χ1) is 16.7. The molecule has 0 saturated heterocycles. The summed E-state index contributed by atoms with van der Waals surface area (Å²) < 4.78 is 22.1. The Bertz CT molecular complexity index is 1150. The van der Waals surface area contributed by atoms with Gasteiger partial charge in [-0.25, -0.2) is 15.0 Å². The van der Waals surface area contributed by atoms with E-state index in [1.807, 2.05) is 78.9 Å². The molecule has 0 aliphatic heterocycles. The topological polar surface area (TPSA) is 75.6 Å². The van der Waals surface area contributed by atoms with Crippen LogP contribution < -0.4 is 9.47 Å². The lowest BCUT2D eigenvalue weighted by molar-refractivity contribution is 0.000845. The molecule has 7 nitrogen and oxygen atoms in total. The Labute approximate surface area is 199 Å². The predicted octanol–water partition coefficient (Wildman–Crippen LogP) is 4.92. The summed E-state index contributed by atoms with van der Waals surface area (Å²) in [5.41, 5.74) is 2.56. The van der Waals surface area contributed by atoms with Crippen LogP contribution in [0.4, 0.5) is 0 Å². The van der Waals surface area contributed by atoms with Crippen LogP contribution in [-0.2, 0) is 9.47 Å². The van der Waals surface area contributed by atoms with E-state index in [0.717, 1.165) is 16.7 Å². The van der Waals surface area contributed by atoms with Gasteiger partial charge in [0.25, 0.3) is 0 Å². The molecule has 1 heterocycles. The minimum absolute atomic E-state index is 0.166. The van der Waals surface area contributed by atoms with Gasteiger partial charge < -0.3 is 18.9 Å². The Hall–Kier alpha value is -3.81. The van der Waals surface area contributed by atoms with Crippen molar-refractivity contribution in [1.29, 1.82) is 0 Å². The van der Waals surface area contributed by atoms with Crippen molar-refractivity contribution in [3.05, 3.63) is 78.9 Å². The van der Waals surface area contributed by atoms with Crippen LogP contribution in [0, 0.1) is 0 Å². The van der Waals surface area contributed by atoms with Crippen molar-refractivity contribution >= 4 is 0 Å². The molecule has 7 heteroatoms. The largest absolute Gasteiger partial charge is 0.496 e. The fraction of sp³-hybridized carbons (Fsp3) is 0.222. The Morgan fingerprint density at radius 1 is 0.676 bits per heavy atom. The summed E-state index contributed by atoms with van der Waals surface area (Å²) in [6.07, 6.45) is -0.166. The van der Waals surface area contributed by atoms with Crippen LogP contribution in [-0.4, -0.2) is 55.6 Å². The van der Waals surface area contributed by atoms with E-state index < -0.39 is 0 Å². The zero-order chi connectivity index (χ0) is 23.8. The number of benzene rings is 3. The molecule has 0 spiro atoms. The van der Waals surface area contributed by atoms with Gasteiger partial charge in [0.2, 0.25) is 0 Å². The van der Waals surface area contributed by atoms with Crippen LogP contribution in [0.5, 0.6) is 11.5 Å². The van der Waals surface area contributed by atoms with Gasteiger partial charge in [0, 0.05) is 31.4 Å². The van der Waals surface area contributed by atoms with Crippen molar-refractivity contribution < 1.29 is 18.9 Å². The molecule has 0 N–H and O–H groups in total.